The maximum absolute atomic E-state index is 4.43. The van der Waals surface area contributed by atoms with Gasteiger partial charge in [0.15, 0.2) is 0 Å². The van der Waals surface area contributed by atoms with Crippen molar-refractivity contribution < 1.29 is 0 Å². The van der Waals surface area contributed by atoms with Crippen LogP contribution >= 0.6 is 15.9 Å². The number of aromatic nitrogens is 3. The van der Waals surface area contributed by atoms with E-state index in [-0.39, 0.29) is 6.04 Å². The lowest BCUT2D eigenvalue weighted by molar-refractivity contribution is 0.312. The van der Waals surface area contributed by atoms with Crippen molar-refractivity contribution in [3.63, 3.8) is 0 Å². The van der Waals surface area contributed by atoms with E-state index >= 15 is 0 Å². The average Bonchev–Trinajstić information content (AvgIpc) is 2.93. The van der Waals surface area contributed by atoms with Crippen molar-refractivity contribution in [2.45, 2.75) is 6.04 Å². The molecule has 3 rings (SSSR count). The highest BCUT2D eigenvalue weighted by Crippen LogP contribution is 2.26. The zero-order chi connectivity index (χ0) is 16.4. The number of benzene rings is 1. The van der Waals surface area contributed by atoms with E-state index in [2.05, 4.69) is 62.6 Å². The Morgan fingerprint density at radius 1 is 1.30 bits per heavy atom. The highest BCUT2D eigenvalue weighted by molar-refractivity contribution is 9.10. The van der Waals surface area contributed by atoms with Crippen molar-refractivity contribution in [2.75, 3.05) is 26.0 Å². The Hall–Kier alpha value is -1.92. The van der Waals surface area contributed by atoms with E-state index in [0.717, 1.165) is 27.6 Å². The van der Waals surface area contributed by atoms with Crippen LogP contribution in [0.15, 0.2) is 47.3 Å². The lowest BCUT2D eigenvalue weighted by Gasteiger charge is -2.24. The smallest absolute Gasteiger partial charge is 0.0733 e. The van der Waals surface area contributed by atoms with Gasteiger partial charge in [-0.15, -0.1) is 0 Å². The minimum Gasteiger partial charge on any atom is -0.383 e. The summed E-state index contributed by atoms with van der Waals surface area (Å²) < 4.78 is 2.88. The SMILES string of the molecule is CN(C)C(CNc1ccnc2cc(Br)ccc12)c1cnn(C)c1. The second kappa shape index (κ2) is 6.68. The number of hydrogen-bond acceptors (Lipinski definition) is 4. The van der Waals surface area contributed by atoms with Crippen LogP contribution in [0, 0.1) is 0 Å². The topological polar surface area (TPSA) is 46.0 Å². The number of aryl methyl sites for hydroxylation is 1. The van der Waals surface area contributed by atoms with Crippen LogP contribution in [0.1, 0.15) is 11.6 Å². The molecule has 120 valence electrons. The molecule has 0 amide bonds. The molecule has 0 spiro atoms. The summed E-state index contributed by atoms with van der Waals surface area (Å²) in [6.45, 7) is 0.799. The number of anilines is 1. The number of halogens is 1. The third kappa shape index (κ3) is 3.54. The van der Waals surface area contributed by atoms with Gasteiger partial charge in [-0.3, -0.25) is 9.67 Å². The Morgan fingerprint density at radius 3 is 2.83 bits per heavy atom. The van der Waals surface area contributed by atoms with Crippen molar-refractivity contribution in [2.24, 2.45) is 7.05 Å². The normalized spacial score (nSPS) is 12.7. The highest BCUT2D eigenvalue weighted by Gasteiger charge is 2.16. The van der Waals surface area contributed by atoms with Crippen LogP contribution in [0.2, 0.25) is 0 Å². The van der Waals surface area contributed by atoms with Gasteiger partial charge in [0.2, 0.25) is 0 Å². The van der Waals surface area contributed by atoms with E-state index < -0.39 is 0 Å². The van der Waals surface area contributed by atoms with Crippen LogP contribution in [0.25, 0.3) is 10.9 Å². The zero-order valence-corrected chi connectivity index (χ0v) is 15.1. The number of pyridine rings is 1. The van der Waals surface area contributed by atoms with Crippen LogP contribution in [-0.2, 0) is 7.05 Å². The molecule has 23 heavy (non-hydrogen) atoms. The quantitative estimate of drug-likeness (QED) is 0.743. The van der Waals surface area contributed by atoms with Gasteiger partial charge >= 0.3 is 0 Å². The maximum Gasteiger partial charge on any atom is 0.0733 e. The van der Waals surface area contributed by atoms with Crippen LogP contribution in [-0.4, -0.2) is 40.3 Å². The summed E-state index contributed by atoms with van der Waals surface area (Å²) >= 11 is 3.49. The second-order valence-corrected chi connectivity index (χ2v) is 6.74. The predicted octanol–water partition coefficient (Wildman–Crippen LogP) is 3.45. The summed E-state index contributed by atoms with van der Waals surface area (Å²) in [5.74, 6) is 0. The Morgan fingerprint density at radius 2 is 2.13 bits per heavy atom. The molecule has 2 heterocycles. The minimum absolute atomic E-state index is 0.252. The first kappa shape index (κ1) is 16.0. The van der Waals surface area contributed by atoms with Crippen molar-refractivity contribution in [3.05, 3.63) is 52.9 Å². The monoisotopic (exact) mass is 373 g/mol. The summed E-state index contributed by atoms with van der Waals surface area (Å²) in [4.78, 5) is 6.63. The molecule has 5 nitrogen and oxygen atoms in total. The van der Waals surface area contributed by atoms with Gasteiger partial charge in [-0.2, -0.15) is 5.10 Å². The molecule has 1 atom stereocenters. The fraction of sp³-hybridized carbons (Fsp3) is 0.294. The molecule has 0 aliphatic rings. The summed E-state index contributed by atoms with van der Waals surface area (Å²) in [5.41, 5.74) is 3.27. The third-order valence-corrected chi connectivity index (χ3v) is 4.42. The van der Waals surface area contributed by atoms with E-state index in [4.69, 9.17) is 0 Å². The molecular formula is C17H20BrN5. The second-order valence-electron chi connectivity index (χ2n) is 5.83. The van der Waals surface area contributed by atoms with Crippen LogP contribution < -0.4 is 5.32 Å². The number of likely N-dealkylation sites (N-methyl/N-ethyl adjacent to an activating group) is 1. The average molecular weight is 374 g/mol. The van der Waals surface area contributed by atoms with Crippen LogP contribution in [0.4, 0.5) is 5.69 Å². The molecule has 1 unspecified atom stereocenters. The molecule has 0 bridgehead atoms. The summed E-state index contributed by atoms with van der Waals surface area (Å²) in [5, 5.41) is 8.97. The van der Waals surface area contributed by atoms with E-state index in [9.17, 15) is 0 Å². The molecule has 0 aliphatic heterocycles. The lowest BCUT2D eigenvalue weighted by atomic mass is 10.1. The van der Waals surface area contributed by atoms with E-state index in [1.807, 2.05) is 42.3 Å². The summed E-state index contributed by atoms with van der Waals surface area (Å²) in [6.07, 6.45) is 5.83. The summed E-state index contributed by atoms with van der Waals surface area (Å²) in [7, 11) is 6.11. The van der Waals surface area contributed by atoms with Gasteiger partial charge < -0.3 is 10.2 Å². The number of hydrogen-bond donors (Lipinski definition) is 1. The maximum atomic E-state index is 4.43. The molecule has 0 saturated carbocycles. The Labute approximate surface area is 144 Å². The molecule has 0 aliphatic carbocycles. The molecular weight excluding hydrogens is 354 g/mol. The molecule has 1 aromatic carbocycles. The molecule has 0 saturated heterocycles. The Kier molecular flexibility index (Phi) is 4.63. The van der Waals surface area contributed by atoms with Gasteiger partial charge in [-0.05, 0) is 38.4 Å². The largest absolute Gasteiger partial charge is 0.383 e. The Balaban J connectivity index is 1.84. The standard InChI is InChI=1S/C17H20BrN5/c1-22(2)17(12-9-21-23(3)11-12)10-20-15-6-7-19-16-8-13(18)4-5-14(15)16/h4-9,11,17H,10H2,1-3H3,(H,19,20). The lowest BCUT2D eigenvalue weighted by Crippen LogP contribution is -2.26. The number of rotatable bonds is 5. The van der Waals surface area contributed by atoms with Gasteiger partial charge in [0.25, 0.3) is 0 Å². The van der Waals surface area contributed by atoms with Gasteiger partial charge in [-0.25, -0.2) is 0 Å². The van der Waals surface area contributed by atoms with Crippen molar-refractivity contribution in [3.8, 4) is 0 Å². The predicted molar refractivity (Wildman–Crippen MR) is 97.6 cm³/mol. The van der Waals surface area contributed by atoms with E-state index in [0.29, 0.717) is 0 Å². The fourth-order valence-corrected chi connectivity index (χ4v) is 3.04. The van der Waals surface area contributed by atoms with Crippen LogP contribution in [0.5, 0.6) is 0 Å². The zero-order valence-electron chi connectivity index (χ0n) is 13.5. The van der Waals surface area contributed by atoms with Crippen LogP contribution in [0.3, 0.4) is 0 Å². The first-order chi connectivity index (χ1) is 11.0. The van der Waals surface area contributed by atoms with Gasteiger partial charge in [0.05, 0.1) is 17.8 Å². The van der Waals surface area contributed by atoms with Crippen molar-refractivity contribution >= 4 is 32.5 Å². The Bertz CT molecular complexity index is 812. The summed E-state index contributed by atoms with van der Waals surface area (Å²) in [6, 6.07) is 8.43. The molecule has 2 aromatic heterocycles. The van der Waals surface area contributed by atoms with Gasteiger partial charge in [-0.1, -0.05) is 15.9 Å². The third-order valence-electron chi connectivity index (χ3n) is 3.92. The highest BCUT2D eigenvalue weighted by atomic mass is 79.9. The number of fused-ring (bicyclic) bond motifs is 1. The molecule has 0 radical (unpaired) electrons. The van der Waals surface area contributed by atoms with E-state index in [1.54, 1.807) is 0 Å². The molecule has 3 aromatic rings. The number of nitrogens with zero attached hydrogens (tertiary/aromatic N) is 4. The van der Waals surface area contributed by atoms with Crippen molar-refractivity contribution in [1.29, 1.82) is 0 Å². The molecule has 1 N–H and O–H groups in total. The fourth-order valence-electron chi connectivity index (χ4n) is 2.69. The molecule has 6 heteroatoms. The minimum atomic E-state index is 0.252. The first-order valence-electron chi connectivity index (χ1n) is 7.47. The first-order valence-corrected chi connectivity index (χ1v) is 8.27. The van der Waals surface area contributed by atoms with Gasteiger partial charge in [0, 0.05) is 47.1 Å². The number of nitrogens with one attached hydrogen (secondary N) is 1. The van der Waals surface area contributed by atoms with Crippen molar-refractivity contribution in [1.82, 2.24) is 19.7 Å². The molecule has 0 fully saturated rings. The van der Waals surface area contributed by atoms with E-state index in [1.165, 1.54) is 5.56 Å². The van der Waals surface area contributed by atoms with Gasteiger partial charge in [0.1, 0.15) is 0 Å².